The van der Waals surface area contributed by atoms with Crippen LogP contribution in [0, 0.1) is 0 Å². The fourth-order valence-corrected chi connectivity index (χ4v) is 3.27. The lowest BCUT2D eigenvalue weighted by molar-refractivity contribution is 0.495. The average Bonchev–Trinajstić information content (AvgIpc) is 2.98. The van der Waals surface area contributed by atoms with Crippen LogP contribution in [0.5, 0.6) is 0 Å². The van der Waals surface area contributed by atoms with Gasteiger partial charge in [-0.1, -0.05) is 11.3 Å². The number of pyridine rings is 1. The molecule has 6 heteroatoms. The number of rotatable bonds is 3. The Morgan fingerprint density at radius 3 is 3.05 bits per heavy atom. The van der Waals surface area contributed by atoms with Crippen LogP contribution < -0.4 is 0 Å². The number of hydrogen-bond donors (Lipinski definition) is 0. The van der Waals surface area contributed by atoms with Gasteiger partial charge in [0.25, 0.3) is 0 Å². The molecule has 0 aliphatic heterocycles. The smallest absolute Gasteiger partial charge is 0.181 e. The SMILES string of the molecule is c1cnc2c(c1)CCC2n1cc(-c2ncoc2C2CC2)nn1. The van der Waals surface area contributed by atoms with E-state index in [4.69, 9.17) is 4.42 Å². The Hall–Kier alpha value is -2.50. The normalized spacial score (nSPS) is 20.3. The van der Waals surface area contributed by atoms with Crippen molar-refractivity contribution in [3.63, 3.8) is 0 Å². The summed E-state index contributed by atoms with van der Waals surface area (Å²) >= 11 is 0. The van der Waals surface area contributed by atoms with Crippen LogP contribution in [-0.2, 0) is 6.42 Å². The minimum atomic E-state index is 0.175. The fraction of sp³-hybridized carbons (Fsp3) is 0.375. The molecule has 3 aromatic rings. The number of aryl methyl sites for hydroxylation is 1. The van der Waals surface area contributed by atoms with Crippen LogP contribution in [0.4, 0.5) is 0 Å². The van der Waals surface area contributed by atoms with Gasteiger partial charge in [0, 0.05) is 12.1 Å². The summed E-state index contributed by atoms with van der Waals surface area (Å²) in [6.07, 6.45) is 9.74. The van der Waals surface area contributed by atoms with Crippen molar-refractivity contribution in [1.29, 1.82) is 0 Å². The van der Waals surface area contributed by atoms with E-state index < -0.39 is 0 Å². The van der Waals surface area contributed by atoms with Crippen LogP contribution in [-0.4, -0.2) is 25.0 Å². The molecule has 3 aromatic heterocycles. The van der Waals surface area contributed by atoms with Crippen LogP contribution in [0.15, 0.2) is 35.3 Å². The van der Waals surface area contributed by atoms with Gasteiger partial charge >= 0.3 is 0 Å². The Balaban J connectivity index is 1.51. The molecule has 1 atom stereocenters. The topological polar surface area (TPSA) is 69.6 Å². The lowest BCUT2D eigenvalue weighted by Crippen LogP contribution is -2.09. The lowest BCUT2D eigenvalue weighted by Gasteiger charge is -2.09. The number of oxazole rings is 1. The molecule has 22 heavy (non-hydrogen) atoms. The molecule has 0 saturated heterocycles. The van der Waals surface area contributed by atoms with Crippen molar-refractivity contribution in [1.82, 2.24) is 25.0 Å². The number of fused-ring (bicyclic) bond motifs is 1. The Morgan fingerprint density at radius 2 is 2.14 bits per heavy atom. The molecule has 0 bridgehead atoms. The molecule has 2 aliphatic carbocycles. The molecule has 5 rings (SSSR count). The van der Waals surface area contributed by atoms with Gasteiger partial charge in [-0.15, -0.1) is 5.10 Å². The third-order valence-electron chi connectivity index (χ3n) is 4.54. The second-order valence-corrected chi connectivity index (χ2v) is 6.03. The van der Waals surface area contributed by atoms with E-state index in [1.807, 2.05) is 23.1 Å². The monoisotopic (exact) mass is 293 g/mol. The van der Waals surface area contributed by atoms with Gasteiger partial charge in [0.2, 0.25) is 0 Å². The van der Waals surface area contributed by atoms with Crippen LogP contribution in [0.1, 0.15) is 48.2 Å². The van der Waals surface area contributed by atoms with Gasteiger partial charge in [0.05, 0.1) is 17.9 Å². The predicted octanol–water partition coefficient (Wildman–Crippen LogP) is 2.74. The third kappa shape index (κ3) is 1.80. The molecule has 2 aliphatic rings. The Morgan fingerprint density at radius 1 is 1.18 bits per heavy atom. The molecule has 1 fully saturated rings. The molecule has 110 valence electrons. The van der Waals surface area contributed by atoms with Crippen LogP contribution in [0.2, 0.25) is 0 Å². The summed E-state index contributed by atoms with van der Waals surface area (Å²) < 4.78 is 7.45. The van der Waals surface area contributed by atoms with Crippen molar-refractivity contribution in [2.75, 3.05) is 0 Å². The molecule has 0 N–H and O–H groups in total. The second-order valence-electron chi connectivity index (χ2n) is 6.03. The molecule has 0 radical (unpaired) electrons. The highest BCUT2D eigenvalue weighted by Crippen LogP contribution is 2.43. The first-order valence-electron chi connectivity index (χ1n) is 7.69. The van der Waals surface area contributed by atoms with Crippen LogP contribution in [0.25, 0.3) is 11.4 Å². The van der Waals surface area contributed by atoms with E-state index in [1.54, 1.807) is 0 Å². The maximum Gasteiger partial charge on any atom is 0.181 e. The Bertz CT molecular complexity index is 832. The van der Waals surface area contributed by atoms with Gasteiger partial charge in [-0.05, 0) is 37.3 Å². The number of aromatic nitrogens is 5. The first-order valence-corrected chi connectivity index (χ1v) is 7.69. The van der Waals surface area contributed by atoms with Crippen molar-refractivity contribution in [2.24, 2.45) is 0 Å². The minimum absolute atomic E-state index is 0.175. The van der Waals surface area contributed by atoms with Crippen LogP contribution in [0.3, 0.4) is 0 Å². The van der Waals surface area contributed by atoms with Crippen molar-refractivity contribution >= 4 is 0 Å². The first-order chi connectivity index (χ1) is 10.9. The van der Waals surface area contributed by atoms with Gasteiger partial charge in [-0.25, -0.2) is 9.67 Å². The van der Waals surface area contributed by atoms with Crippen LogP contribution >= 0.6 is 0 Å². The van der Waals surface area contributed by atoms with Gasteiger partial charge < -0.3 is 4.42 Å². The van der Waals surface area contributed by atoms with Crippen molar-refractivity contribution in [2.45, 2.75) is 37.6 Å². The van der Waals surface area contributed by atoms with E-state index in [2.05, 4.69) is 26.3 Å². The zero-order chi connectivity index (χ0) is 14.5. The molecular formula is C16H15N5O. The van der Waals surface area contributed by atoms with Crippen molar-refractivity contribution in [3.05, 3.63) is 47.9 Å². The highest BCUT2D eigenvalue weighted by molar-refractivity contribution is 5.56. The molecule has 6 nitrogen and oxygen atoms in total. The fourth-order valence-electron chi connectivity index (χ4n) is 3.27. The van der Waals surface area contributed by atoms with Gasteiger partial charge in [-0.3, -0.25) is 4.98 Å². The third-order valence-corrected chi connectivity index (χ3v) is 4.54. The molecule has 0 aromatic carbocycles. The van der Waals surface area contributed by atoms with E-state index in [0.29, 0.717) is 5.92 Å². The van der Waals surface area contributed by atoms with E-state index in [1.165, 1.54) is 24.8 Å². The quantitative estimate of drug-likeness (QED) is 0.742. The highest BCUT2D eigenvalue weighted by Gasteiger charge is 2.32. The maximum atomic E-state index is 5.53. The summed E-state index contributed by atoms with van der Waals surface area (Å²) in [5, 5.41) is 8.63. The number of nitrogens with zero attached hydrogens (tertiary/aromatic N) is 5. The summed E-state index contributed by atoms with van der Waals surface area (Å²) in [5.74, 6) is 1.47. The first kappa shape index (κ1) is 12.1. The standard InChI is InChI=1S/C16H15N5O/c1-2-10-5-6-13(14(10)17-7-1)21-8-12(19-20-21)15-16(11-3-4-11)22-9-18-15/h1-2,7-9,11,13H,3-6H2. The minimum Gasteiger partial charge on any atom is -0.447 e. The second kappa shape index (κ2) is 4.50. The molecule has 3 heterocycles. The summed E-state index contributed by atoms with van der Waals surface area (Å²) in [7, 11) is 0. The predicted molar refractivity (Wildman–Crippen MR) is 78.2 cm³/mol. The highest BCUT2D eigenvalue weighted by atomic mass is 16.3. The Labute approximate surface area is 127 Å². The number of hydrogen-bond acceptors (Lipinski definition) is 5. The van der Waals surface area contributed by atoms with Gasteiger partial charge in [-0.2, -0.15) is 0 Å². The summed E-state index contributed by atoms with van der Waals surface area (Å²) in [4.78, 5) is 8.86. The summed E-state index contributed by atoms with van der Waals surface area (Å²) in [6, 6.07) is 4.31. The molecule has 0 spiro atoms. The van der Waals surface area contributed by atoms with Crippen molar-refractivity contribution < 1.29 is 4.42 Å². The van der Waals surface area contributed by atoms with E-state index in [9.17, 15) is 0 Å². The Kier molecular flexibility index (Phi) is 2.47. The average molecular weight is 293 g/mol. The van der Waals surface area contributed by atoms with E-state index in [0.717, 1.165) is 35.7 Å². The van der Waals surface area contributed by atoms with E-state index in [-0.39, 0.29) is 6.04 Å². The maximum absolute atomic E-state index is 5.53. The van der Waals surface area contributed by atoms with E-state index >= 15 is 0 Å². The van der Waals surface area contributed by atoms with Gasteiger partial charge in [0.1, 0.15) is 17.1 Å². The molecule has 1 saturated carbocycles. The largest absolute Gasteiger partial charge is 0.447 e. The zero-order valence-electron chi connectivity index (χ0n) is 12.0. The lowest BCUT2D eigenvalue weighted by atomic mass is 10.2. The molecule has 1 unspecified atom stereocenters. The summed E-state index contributed by atoms with van der Waals surface area (Å²) in [6.45, 7) is 0. The molecule has 0 amide bonds. The molecular weight excluding hydrogens is 278 g/mol. The van der Waals surface area contributed by atoms with Crippen molar-refractivity contribution in [3.8, 4) is 11.4 Å². The zero-order valence-corrected chi connectivity index (χ0v) is 12.0. The van der Waals surface area contributed by atoms with Gasteiger partial charge in [0.15, 0.2) is 6.39 Å². The summed E-state index contributed by atoms with van der Waals surface area (Å²) in [5.41, 5.74) is 4.05.